The predicted octanol–water partition coefficient (Wildman–Crippen LogP) is 2.58. The van der Waals surface area contributed by atoms with Crippen molar-refractivity contribution in [2.45, 2.75) is 26.7 Å². The van der Waals surface area contributed by atoms with E-state index >= 15 is 0 Å². The summed E-state index contributed by atoms with van der Waals surface area (Å²) >= 11 is 0. The molecule has 2 N–H and O–H groups in total. The highest BCUT2D eigenvalue weighted by atomic mass is 16.1. The summed E-state index contributed by atoms with van der Waals surface area (Å²) in [7, 11) is 0. The van der Waals surface area contributed by atoms with Crippen molar-refractivity contribution < 1.29 is 4.79 Å². The van der Waals surface area contributed by atoms with Crippen LogP contribution in [-0.2, 0) is 4.79 Å². The van der Waals surface area contributed by atoms with Gasteiger partial charge in [0.25, 0.3) is 0 Å². The summed E-state index contributed by atoms with van der Waals surface area (Å²) in [6.07, 6.45) is 6.19. The largest absolute Gasteiger partial charge is 0.370 e. The molecule has 74 valence electrons. The Balaban J connectivity index is 0. The van der Waals surface area contributed by atoms with Crippen LogP contribution in [0.2, 0.25) is 0 Å². The quantitative estimate of drug-likeness (QED) is 0.651. The van der Waals surface area contributed by atoms with E-state index in [4.69, 9.17) is 5.73 Å². The molecule has 0 rings (SSSR count). The summed E-state index contributed by atoms with van der Waals surface area (Å²) in [6.45, 7) is 11.1. The molecule has 0 bridgehead atoms. The summed E-state index contributed by atoms with van der Waals surface area (Å²) in [4.78, 5) is 10.4. The van der Waals surface area contributed by atoms with Crippen LogP contribution in [0, 0.1) is 0 Å². The first kappa shape index (κ1) is 14.2. The Bertz CT molecular complexity index is 192. The van der Waals surface area contributed by atoms with E-state index in [0.29, 0.717) is 12.8 Å². The van der Waals surface area contributed by atoms with Crippen LogP contribution in [-0.4, -0.2) is 5.91 Å². The first-order valence-electron chi connectivity index (χ1n) is 4.43. The molecule has 0 heterocycles. The molecule has 0 aliphatic rings. The van der Waals surface area contributed by atoms with Crippen molar-refractivity contribution in [3.05, 3.63) is 37.0 Å². The lowest BCUT2D eigenvalue weighted by molar-refractivity contribution is -0.117. The molecule has 0 atom stereocenters. The molecule has 2 heteroatoms. The van der Waals surface area contributed by atoms with Gasteiger partial charge in [-0.3, -0.25) is 4.79 Å². The molecule has 0 spiro atoms. The van der Waals surface area contributed by atoms with Crippen LogP contribution in [0.4, 0.5) is 0 Å². The number of hydrogen-bond donors (Lipinski definition) is 1. The van der Waals surface area contributed by atoms with Gasteiger partial charge in [0.2, 0.25) is 5.91 Å². The second-order valence-electron chi connectivity index (χ2n) is 2.15. The summed E-state index contributed by atoms with van der Waals surface area (Å²) < 4.78 is 0. The van der Waals surface area contributed by atoms with Crippen molar-refractivity contribution in [1.29, 1.82) is 0 Å². The first-order chi connectivity index (χ1) is 6.20. The molecule has 2 nitrogen and oxygen atoms in total. The van der Waals surface area contributed by atoms with Gasteiger partial charge in [0.1, 0.15) is 0 Å². The molecule has 0 radical (unpaired) electrons. The maximum atomic E-state index is 10.4. The number of amides is 1. The van der Waals surface area contributed by atoms with E-state index in [1.165, 1.54) is 0 Å². The van der Waals surface area contributed by atoms with Crippen LogP contribution in [0.15, 0.2) is 37.0 Å². The maximum absolute atomic E-state index is 10.4. The zero-order valence-corrected chi connectivity index (χ0v) is 8.55. The second kappa shape index (κ2) is 10.7. The third-order valence-corrected chi connectivity index (χ3v) is 1.25. The number of hydrogen-bond acceptors (Lipinski definition) is 1. The highest BCUT2D eigenvalue weighted by Gasteiger charge is 1.95. The molecule has 0 saturated heterocycles. The van der Waals surface area contributed by atoms with Gasteiger partial charge in [-0.1, -0.05) is 45.2 Å². The van der Waals surface area contributed by atoms with Crippen molar-refractivity contribution in [3.8, 4) is 0 Å². The maximum Gasteiger partial charge on any atom is 0.217 e. The third kappa shape index (κ3) is 10.7. The van der Waals surface area contributed by atoms with E-state index in [9.17, 15) is 4.79 Å². The van der Waals surface area contributed by atoms with E-state index in [1.54, 1.807) is 12.2 Å². The van der Waals surface area contributed by atoms with Crippen molar-refractivity contribution in [1.82, 2.24) is 0 Å². The number of nitrogens with two attached hydrogens (primary N) is 1. The molecule has 0 aliphatic heterocycles. The zero-order valence-electron chi connectivity index (χ0n) is 8.55. The topological polar surface area (TPSA) is 43.1 Å². The minimum atomic E-state index is -0.290. The fourth-order valence-electron chi connectivity index (χ4n) is 0.672. The van der Waals surface area contributed by atoms with Crippen molar-refractivity contribution in [3.63, 3.8) is 0 Å². The van der Waals surface area contributed by atoms with Crippen molar-refractivity contribution >= 4 is 5.91 Å². The molecule has 0 fully saturated rings. The van der Waals surface area contributed by atoms with E-state index in [0.717, 1.165) is 5.57 Å². The number of carbonyl (C=O) groups excluding carboxylic acids is 1. The lowest BCUT2D eigenvalue weighted by Crippen LogP contribution is -2.09. The molecular weight excluding hydrogens is 162 g/mol. The van der Waals surface area contributed by atoms with E-state index in [-0.39, 0.29) is 5.91 Å². The minimum Gasteiger partial charge on any atom is -0.370 e. The van der Waals surface area contributed by atoms with Crippen LogP contribution >= 0.6 is 0 Å². The molecule has 0 aromatic heterocycles. The van der Waals surface area contributed by atoms with E-state index in [2.05, 4.69) is 13.2 Å². The Morgan fingerprint density at radius 3 is 2.15 bits per heavy atom. The van der Waals surface area contributed by atoms with Crippen molar-refractivity contribution in [2.75, 3.05) is 0 Å². The zero-order chi connectivity index (χ0) is 10.7. The monoisotopic (exact) mass is 181 g/mol. The molecule has 1 amide bonds. The van der Waals surface area contributed by atoms with Gasteiger partial charge in [-0.25, -0.2) is 0 Å². The summed E-state index contributed by atoms with van der Waals surface area (Å²) in [5.41, 5.74) is 5.95. The molecule has 0 aliphatic carbocycles. The van der Waals surface area contributed by atoms with Gasteiger partial charge < -0.3 is 5.73 Å². The number of allylic oxidation sites excluding steroid dienone is 4. The Labute approximate surface area is 80.8 Å². The highest BCUT2D eigenvalue weighted by molar-refractivity contribution is 5.74. The SMILES string of the molecule is C=C/C=C(\C=C)CCC(N)=O.CC. The lowest BCUT2D eigenvalue weighted by atomic mass is 10.1. The second-order valence-corrected chi connectivity index (χ2v) is 2.15. The average Bonchev–Trinajstić information content (AvgIpc) is 2.15. The Morgan fingerprint density at radius 2 is 1.85 bits per heavy atom. The normalized spacial score (nSPS) is 9.54. The van der Waals surface area contributed by atoms with Crippen LogP contribution in [0.25, 0.3) is 0 Å². The summed E-state index contributed by atoms with van der Waals surface area (Å²) in [6, 6.07) is 0. The van der Waals surface area contributed by atoms with Crippen molar-refractivity contribution in [2.24, 2.45) is 5.73 Å². The average molecular weight is 181 g/mol. The third-order valence-electron chi connectivity index (χ3n) is 1.25. The minimum absolute atomic E-state index is 0.290. The van der Waals surface area contributed by atoms with Gasteiger partial charge in [0.05, 0.1) is 0 Å². The lowest BCUT2D eigenvalue weighted by Gasteiger charge is -1.96. The molecular formula is C11H19NO. The van der Waals surface area contributed by atoms with Crippen LogP contribution in [0.5, 0.6) is 0 Å². The van der Waals surface area contributed by atoms with Gasteiger partial charge >= 0.3 is 0 Å². The Kier molecular flexibility index (Phi) is 11.7. The molecule has 0 aromatic carbocycles. The predicted molar refractivity (Wildman–Crippen MR) is 58.3 cm³/mol. The number of rotatable bonds is 5. The van der Waals surface area contributed by atoms with E-state index < -0.39 is 0 Å². The van der Waals surface area contributed by atoms with Gasteiger partial charge in [-0.2, -0.15) is 0 Å². The molecule has 13 heavy (non-hydrogen) atoms. The highest BCUT2D eigenvalue weighted by Crippen LogP contribution is 2.05. The summed E-state index contributed by atoms with van der Waals surface area (Å²) in [5, 5.41) is 0. The smallest absolute Gasteiger partial charge is 0.217 e. The number of primary amides is 1. The van der Waals surface area contributed by atoms with Gasteiger partial charge in [0, 0.05) is 6.42 Å². The number of carbonyl (C=O) groups is 1. The fourth-order valence-corrected chi connectivity index (χ4v) is 0.672. The molecule has 0 saturated carbocycles. The molecule has 0 unspecified atom stereocenters. The van der Waals surface area contributed by atoms with Crippen LogP contribution in [0.3, 0.4) is 0 Å². The Hall–Kier alpha value is -1.31. The van der Waals surface area contributed by atoms with Gasteiger partial charge in [-0.15, -0.1) is 0 Å². The standard InChI is InChI=1S/C9H13NO.C2H6/c1-3-5-8(4-2)6-7-9(10)11;1-2/h3-5H,1-2,6-7H2,(H2,10,11);1-2H3/b8-5+;. The van der Waals surface area contributed by atoms with Crippen LogP contribution < -0.4 is 5.73 Å². The Morgan fingerprint density at radius 1 is 1.31 bits per heavy atom. The van der Waals surface area contributed by atoms with E-state index in [1.807, 2.05) is 19.9 Å². The van der Waals surface area contributed by atoms with Crippen LogP contribution in [0.1, 0.15) is 26.7 Å². The first-order valence-corrected chi connectivity index (χ1v) is 4.43. The summed E-state index contributed by atoms with van der Waals surface area (Å²) in [5.74, 6) is -0.290. The van der Waals surface area contributed by atoms with Gasteiger partial charge in [-0.05, 0) is 12.0 Å². The molecule has 0 aromatic rings. The fraction of sp³-hybridized carbons (Fsp3) is 0.364. The van der Waals surface area contributed by atoms with Gasteiger partial charge in [0.15, 0.2) is 0 Å².